The standard InChI is InChI=1S/C21H20N2O3/c1-3-22(14-8-9-14)19(24)16-11-10-15(12-13(16)2)23-20(25)17-6-4-5-7-18(17)21(23)26/h4-7,10-12,14H,3,8-9H2,1-2H3. The molecule has 0 bridgehead atoms. The molecule has 3 amide bonds. The minimum Gasteiger partial charge on any atom is -0.336 e. The number of fused-ring (bicyclic) bond motifs is 1. The van der Waals surface area contributed by atoms with Crippen molar-refractivity contribution in [1.29, 1.82) is 0 Å². The van der Waals surface area contributed by atoms with E-state index in [9.17, 15) is 14.4 Å². The van der Waals surface area contributed by atoms with E-state index in [-0.39, 0.29) is 17.7 Å². The SMILES string of the molecule is CCN(C(=O)c1ccc(N2C(=O)c3ccccc3C2=O)cc1C)C1CC1. The third-order valence-corrected chi connectivity index (χ3v) is 5.08. The van der Waals surface area contributed by atoms with Gasteiger partial charge in [-0.3, -0.25) is 14.4 Å². The Kier molecular flexibility index (Phi) is 3.87. The van der Waals surface area contributed by atoms with Gasteiger partial charge in [-0.2, -0.15) is 0 Å². The van der Waals surface area contributed by atoms with Crippen LogP contribution in [0.15, 0.2) is 42.5 Å². The van der Waals surface area contributed by atoms with Crippen LogP contribution in [0.5, 0.6) is 0 Å². The highest BCUT2D eigenvalue weighted by Gasteiger charge is 2.37. The Balaban J connectivity index is 1.66. The molecule has 1 saturated carbocycles. The third kappa shape index (κ3) is 2.51. The zero-order chi connectivity index (χ0) is 18.4. The van der Waals surface area contributed by atoms with E-state index in [1.807, 2.05) is 18.7 Å². The van der Waals surface area contributed by atoms with Crippen molar-refractivity contribution in [2.24, 2.45) is 0 Å². The lowest BCUT2D eigenvalue weighted by molar-refractivity contribution is 0.0751. The van der Waals surface area contributed by atoms with Gasteiger partial charge in [0.05, 0.1) is 16.8 Å². The molecule has 0 atom stereocenters. The predicted molar refractivity (Wildman–Crippen MR) is 98.5 cm³/mol. The van der Waals surface area contributed by atoms with Gasteiger partial charge in [0.1, 0.15) is 0 Å². The van der Waals surface area contributed by atoms with Crippen molar-refractivity contribution >= 4 is 23.4 Å². The Labute approximate surface area is 152 Å². The second-order valence-electron chi connectivity index (χ2n) is 6.81. The molecule has 0 N–H and O–H groups in total. The number of hydrogen-bond donors (Lipinski definition) is 0. The molecule has 26 heavy (non-hydrogen) atoms. The van der Waals surface area contributed by atoms with Crippen LogP contribution in [0.1, 0.15) is 56.4 Å². The number of imide groups is 1. The highest BCUT2D eigenvalue weighted by atomic mass is 16.2. The summed E-state index contributed by atoms with van der Waals surface area (Å²) in [4.78, 5) is 41.1. The van der Waals surface area contributed by atoms with Gasteiger partial charge >= 0.3 is 0 Å². The third-order valence-electron chi connectivity index (χ3n) is 5.08. The fourth-order valence-corrected chi connectivity index (χ4v) is 3.56. The summed E-state index contributed by atoms with van der Waals surface area (Å²) in [5.74, 6) is -0.629. The molecule has 2 aromatic rings. The van der Waals surface area contributed by atoms with Crippen molar-refractivity contribution in [3.63, 3.8) is 0 Å². The molecule has 5 heteroatoms. The van der Waals surface area contributed by atoms with Crippen LogP contribution in [-0.4, -0.2) is 35.2 Å². The van der Waals surface area contributed by atoms with Crippen LogP contribution < -0.4 is 4.90 Å². The fourth-order valence-electron chi connectivity index (χ4n) is 3.56. The van der Waals surface area contributed by atoms with Gasteiger partial charge in [-0.15, -0.1) is 0 Å². The lowest BCUT2D eigenvalue weighted by Crippen LogP contribution is -2.33. The van der Waals surface area contributed by atoms with Crippen LogP contribution in [0.2, 0.25) is 0 Å². The number of carbonyl (C=O) groups excluding carboxylic acids is 3. The Morgan fingerprint density at radius 1 is 1.08 bits per heavy atom. The Morgan fingerprint density at radius 3 is 2.19 bits per heavy atom. The van der Waals surface area contributed by atoms with Crippen LogP contribution in [0.3, 0.4) is 0 Å². The zero-order valence-electron chi connectivity index (χ0n) is 14.9. The molecular formula is C21H20N2O3. The normalized spacial score (nSPS) is 16.0. The average Bonchev–Trinajstić information content (AvgIpc) is 3.43. The average molecular weight is 348 g/mol. The zero-order valence-corrected chi connectivity index (χ0v) is 14.9. The van der Waals surface area contributed by atoms with E-state index in [2.05, 4.69) is 0 Å². The molecule has 0 aromatic heterocycles. The van der Waals surface area contributed by atoms with Crippen LogP contribution in [0.4, 0.5) is 5.69 Å². The Bertz CT molecular complexity index is 896. The maximum absolute atomic E-state index is 12.8. The number of anilines is 1. The van der Waals surface area contributed by atoms with E-state index >= 15 is 0 Å². The fraction of sp³-hybridized carbons (Fsp3) is 0.286. The quantitative estimate of drug-likeness (QED) is 0.796. The Hall–Kier alpha value is -2.95. The molecule has 4 rings (SSSR count). The molecule has 2 aromatic carbocycles. The van der Waals surface area contributed by atoms with Crippen LogP contribution >= 0.6 is 0 Å². The summed E-state index contributed by atoms with van der Waals surface area (Å²) in [7, 11) is 0. The second kappa shape index (κ2) is 6.09. The van der Waals surface area contributed by atoms with E-state index < -0.39 is 0 Å². The molecular weight excluding hydrogens is 328 g/mol. The minimum atomic E-state index is -0.322. The summed E-state index contributed by atoms with van der Waals surface area (Å²) in [5.41, 5.74) is 2.73. The molecule has 1 aliphatic heterocycles. The second-order valence-corrected chi connectivity index (χ2v) is 6.81. The number of benzene rings is 2. The molecule has 5 nitrogen and oxygen atoms in total. The minimum absolute atomic E-state index is 0.0152. The van der Waals surface area contributed by atoms with Crippen molar-refractivity contribution in [2.75, 3.05) is 11.4 Å². The van der Waals surface area contributed by atoms with Crippen LogP contribution in [-0.2, 0) is 0 Å². The summed E-state index contributed by atoms with van der Waals surface area (Å²) >= 11 is 0. The van der Waals surface area contributed by atoms with E-state index in [0.717, 1.165) is 18.4 Å². The van der Waals surface area contributed by atoms with Crippen LogP contribution in [0.25, 0.3) is 0 Å². The van der Waals surface area contributed by atoms with Crippen molar-refractivity contribution in [3.8, 4) is 0 Å². The van der Waals surface area contributed by atoms with Gasteiger partial charge in [0, 0.05) is 18.2 Å². The lowest BCUT2D eigenvalue weighted by Gasteiger charge is -2.22. The first-order valence-corrected chi connectivity index (χ1v) is 8.92. The monoisotopic (exact) mass is 348 g/mol. The van der Waals surface area contributed by atoms with Gasteiger partial charge in [-0.25, -0.2) is 4.90 Å². The highest BCUT2D eigenvalue weighted by molar-refractivity contribution is 6.34. The van der Waals surface area contributed by atoms with Crippen molar-refractivity contribution < 1.29 is 14.4 Å². The lowest BCUT2D eigenvalue weighted by atomic mass is 10.1. The number of rotatable bonds is 4. The molecule has 132 valence electrons. The molecule has 1 fully saturated rings. The van der Waals surface area contributed by atoms with E-state index in [1.54, 1.807) is 42.5 Å². The molecule has 1 heterocycles. The first-order chi connectivity index (χ1) is 12.5. The first-order valence-electron chi connectivity index (χ1n) is 8.92. The first kappa shape index (κ1) is 16.5. The van der Waals surface area contributed by atoms with Crippen LogP contribution in [0, 0.1) is 6.92 Å². The van der Waals surface area contributed by atoms with Gasteiger partial charge in [0.25, 0.3) is 17.7 Å². The van der Waals surface area contributed by atoms with Gasteiger partial charge in [-0.1, -0.05) is 12.1 Å². The predicted octanol–water partition coefficient (Wildman–Crippen LogP) is 3.42. The molecule has 0 spiro atoms. The number of carbonyl (C=O) groups is 3. The van der Waals surface area contributed by atoms with Gasteiger partial charge in [0.2, 0.25) is 0 Å². The smallest absolute Gasteiger partial charge is 0.266 e. The summed E-state index contributed by atoms with van der Waals surface area (Å²) in [5, 5.41) is 0. The van der Waals surface area contributed by atoms with E-state index in [4.69, 9.17) is 0 Å². The largest absolute Gasteiger partial charge is 0.336 e. The summed E-state index contributed by atoms with van der Waals surface area (Å²) in [6.07, 6.45) is 2.12. The van der Waals surface area contributed by atoms with E-state index in [0.29, 0.717) is 35.0 Å². The number of nitrogens with zero attached hydrogens (tertiary/aromatic N) is 2. The van der Waals surface area contributed by atoms with Crippen molar-refractivity contribution in [2.45, 2.75) is 32.7 Å². The molecule has 0 radical (unpaired) electrons. The van der Waals surface area contributed by atoms with Gasteiger partial charge in [0.15, 0.2) is 0 Å². The summed E-state index contributed by atoms with van der Waals surface area (Å²) in [6.45, 7) is 4.51. The summed E-state index contributed by atoms with van der Waals surface area (Å²) in [6, 6.07) is 12.3. The molecule has 1 aliphatic carbocycles. The number of hydrogen-bond acceptors (Lipinski definition) is 3. The Morgan fingerprint density at radius 2 is 1.69 bits per heavy atom. The van der Waals surface area contributed by atoms with Crippen molar-refractivity contribution in [1.82, 2.24) is 4.90 Å². The maximum Gasteiger partial charge on any atom is 0.266 e. The summed E-state index contributed by atoms with van der Waals surface area (Å²) < 4.78 is 0. The molecule has 0 saturated heterocycles. The molecule has 0 unspecified atom stereocenters. The highest BCUT2D eigenvalue weighted by Crippen LogP contribution is 2.31. The van der Waals surface area contributed by atoms with E-state index in [1.165, 1.54) is 4.90 Å². The number of amides is 3. The molecule has 2 aliphatic rings. The van der Waals surface area contributed by atoms with Crippen molar-refractivity contribution in [3.05, 3.63) is 64.7 Å². The maximum atomic E-state index is 12.8. The topological polar surface area (TPSA) is 57.7 Å². The van der Waals surface area contributed by atoms with Gasteiger partial charge in [-0.05, 0) is 62.6 Å². The number of aryl methyl sites for hydroxylation is 1. The van der Waals surface area contributed by atoms with Gasteiger partial charge < -0.3 is 4.90 Å².